The number of amides is 1. The van der Waals surface area contributed by atoms with Gasteiger partial charge in [0, 0.05) is 31.6 Å². The number of nitrogens with zero attached hydrogens (tertiary/aromatic N) is 1. The van der Waals surface area contributed by atoms with Crippen LogP contribution in [0.15, 0.2) is 0 Å². The summed E-state index contributed by atoms with van der Waals surface area (Å²) in [6.45, 7) is 2.84. The van der Waals surface area contributed by atoms with Gasteiger partial charge in [0.1, 0.15) is 0 Å². The molecule has 1 amide bonds. The highest BCUT2D eigenvalue weighted by Crippen LogP contribution is 2.21. The third kappa shape index (κ3) is 6.61. The van der Waals surface area contributed by atoms with Crippen LogP contribution < -0.4 is 10.6 Å². The molecule has 1 atom stereocenters. The fraction of sp³-hybridized carbons (Fsp3) is 0.929. The van der Waals surface area contributed by atoms with Gasteiger partial charge >= 0.3 is 0 Å². The third-order valence-electron chi connectivity index (χ3n) is 4.33. The van der Waals surface area contributed by atoms with Gasteiger partial charge < -0.3 is 15.5 Å². The lowest BCUT2D eigenvalue weighted by atomic mass is 10.1. The molecule has 6 heteroatoms. The summed E-state index contributed by atoms with van der Waals surface area (Å²) in [6, 6.07) is 1.16. The molecule has 120 valence electrons. The molecule has 0 aromatic carbocycles. The quantitative estimate of drug-likeness (QED) is 0.784. The van der Waals surface area contributed by atoms with E-state index in [0.717, 1.165) is 32.1 Å². The molecule has 2 aliphatic rings. The molecule has 0 spiro atoms. The molecular formula is C14H29Cl2N3O. The summed E-state index contributed by atoms with van der Waals surface area (Å²) in [6.07, 6.45) is 8.40. The average Bonchev–Trinajstić information content (AvgIpc) is 3.00. The number of halogens is 2. The number of nitrogens with one attached hydrogen (secondary N) is 2. The lowest BCUT2D eigenvalue weighted by molar-refractivity contribution is -0.121. The Hall–Kier alpha value is -0.0300. The number of hydrogen-bond donors (Lipinski definition) is 2. The van der Waals surface area contributed by atoms with Gasteiger partial charge in [-0.2, -0.15) is 0 Å². The van der Waals surface area contributed by atoms with E-state index >= 15 is 0 Å². The average molecular weight is 326 g/mol. The van der Waals surface area contributed by atoms with Crippen molar-refractivity contribution in [2.75, 3.05) is 26.7 Å². The molecule has 0 aromatic heterocycles. The fourth-order valence-corrected chi connectivity index (χ4v) is 3.13. The van der Waals surface area contributed by atoms with Gasteiger partial charge in [-0.1, -0.05) is 12.8 Å². The lowest BCUT2D eigenvalue weighted by Gasteiger charge is -2.24. The second-order valence-corrected chi connectivity index (χ2v) is 5.77. The van der Waals surface area contributed by atoms with Gasteiger partial charge in [0.25, 0.3) is 0 Å². The molecule has 4 nitrogen and oxygen atoms in total. The van der Waals surface area contributed by atoms with Crippen LogP contribution in [0.4, 0.5) is 0 Å². The summed E-state index contributed by atoms with van der Waals surface area (Å²) in [5.74, 6) is 0.203. The summed E-state index contributed by atoms with van der Waals surface area (Å²) in [5.41, 5.74) is 0. The molecule has 20 heavy (non-hydrogen) atoms. The molecular weight excluding hydrogens is 297 g/mol. The molecule has 2 N–H and O–H groups in total. The van der Waals surface area contributed by atoms with Crippen LogP contribution in [0.1, 0.15) is 44.9 Å². The van der Waals surface area contributed by atoms with Crippen molar-refractivity contribution < 1.29 is 4.79 Å². The highest BCUT2D eigenvalue weighted by molar-refractivity contribution is 5.85. The largest absolute Gasteiger partial charge is 0.355 e. The molecule has 1 saturated carbocycles. The second kappa shape index (κ2) is 10.7. The highest BCUT2D eigenvalue weighted by atomic mass is 35.5. The highest BCUT2D eigenvalue weighted by Gasteiger charge is 2.20. The Labute approximate surface area is 135 Å². The minimum atomic E-state index is 0. The number of carbonyl (C=O) groups is 1. The van der Waals surface area contributed by atoms with Crippen molar-refractivity contribution in [3.05, 3.63) is 0 Å². The van der Waals surface area contributed by atoms with Crippen LogP contribution in [0, 0.1) is 0 Å². The van der Waals surface area contributed by atoms with Crippen LogP contribution in [0.3, 0.4) is 0 Å². The zero-order valence-electron chi connectivity index (χ0n) is 12.4. The zero-order valence-corrected chi connectivity index (χ0v) is 14.0. The Morgan fingerprint density at radius 1 is 1.20 bits per heavy atom. The summed E-state index contributed by atoms with van der Waals surface area (Å²) < 4.78 is 0. The first-order valence-electron chi connectivity index (χ1n) is 7.46. The molecule has 2 rings (SSSR count). The van der Waals surface area contributed by atoms with Gasteiger partial charge in [-0.3, -0.25) is 4.79 Å². The van der Waals surface area contributed by atoms with Gasteiger partial charge in [0.15, 0.2) is 0 Å². The van der Waals surface area contributed by atoms with Gasteiger partial charge in [-0.25, -0.2) is 0 Å². The molecule has 1 saturated heterocycles. The van der Waals surface area contributed by atoms with E-state index in [1.54, 1.807) is 0 Å². The van der Waals surface area contributed by atoms with Crippen LogP contribution in [0.25, 0.3) is 0 Å². The zero-order chi connectivity index (χ0) is 12.8. The van der Waals surface area contributed by atoms with Crippen molar-refractivity contribution in [1.29, 1.82) is 0 Å². The Kier molecular flexibility index (Phi) is 10.6. The Bertz CT molecular complexity index is 267. The predicted molar refractivity (Wildman–Crippen MR) is 88.0 cm³/mol. The van der Waals surface area contributed by atoms with Crippen molar-refractivity contribution in [2.24, 2.45) is 0 Å². The molecule has 2 fully saturated rings. The first kappa shape index (κ1) is 20.0. The predicted octanol–water partition coefficient (Wildman–Crippen LogP) is 1.96. The first-order valence-corrected chi connectivity index (χ1v) is 7.46. The van der Waals surface area contributed by atoms with E-state index in [1.807, 2.05) is 0 Å². The van der Waals surface area contributed by atoms with Crippen molar-refractivity contribution in [3.8, 4) is 0 Å². The van der Waals surface area contributed by atoms with E-state index in [9.17, 15) is 4.79 Å². The minimum absolute atomic E-state index is 0. The fourth-order valence-electron chi connectivity index (χ4n) is 3.13. The van der Waals surface area contributed by atoms with Gasteiger partial charge in [-0.05, 0) is 39.3 Å². The molecule has 1 aliphatic carbocycles. The van der Waals surface area contributed by atoms with Crippen molar-refractivity contribution in [1.82, 2.24) is 15.5 Å². The summed E-state index contributed by atoms with van der Waals surface area (Å²) in [5, 5.41) is 6.40. The topological polar surface area (TPSA) is 44.4 Å². The Balaban J connectivity index is 0.00000180. The van der Waals surface area contributed by atoms with E-state index < -0.39 is 0 Å². The monoisotopic (exact) mass is 325 g/mol. The van der Waals surface area contributed by atoms with E-state index in [4.69, 9.17) is 0 Å². The Morgan fingerprint density at radius 2 is 1.90 bits per heavy atom. The van der Waals surface area contributed by atoms with Crippen LogP contribution in [-0.4, -0.2) is 49.6 Å². The van der Waals surface area contributed by atoms with Crippen LogP contribution >= 0.6 is 24.8 Å². The molecule has 0 radical (unpaired) electrons. The van der Waals surface area contributed by atoms with Gasteiger partial charge in [0.05, 0.1) is 0 Å². The number of likely N-dealkylation sites (N-methyl/N-ethyl adjacent to an activating group) is 1. The summed E-state index contributed by atoms with van der Waals surface area (Å²) >= 11 is 0. The number of hydrogen-bond acceptors (Lipinski definition) is 3. The lowest BCUT2D eigenvalue weighted by Crippen LogP contribution is -2.39. The first-order chi connectivity index (χ1) is 8.75. The minimum Gasteiger partial charge on any atom is -0.355 e. The van der Waals surface area contributed by atoms with E-state index in [1.165, 1.54) is 32.1 Å². The smallest absolute Gasteiger partial charge is 0.221 e. The SMILES string of the molecule is CN(CCNC(=O)CC1CCCN1)C1CCCC1.Cl.Cl. The molecule has 1 heterocycles. The van der Waals surface area contributed by atoms with E-state index in [0.29, 0.717) is 12.5 Å². The van der Waals surface area contributed by atoms with E-state index in [-0.39, 0.29) is 30.7 Å². The summed E-state index contributed by atoms with van der Waals surface area (Å²) in [7, 11) is 2.18. The van der Waals surface area contributed by atoms with Crippen molar-refractivity contribution >= 4 is 30.7 Å². The van der Waals surface area contributed by atoms with Gasteiger partial charge in [0.2, 0.25) is 5.91 Å². The summed E-state index contributed by atoms with van der Waals surface area (Å²) in [4.78, 5) is 14.1. The van der Waals surface area contributed by atoms with Crippen LogP contribution in [-0.2, 0) is 4.79 Å². The molecule has 1 aliphatic heterocycles. The maximum atomic E-state index is 11.7. The van der Waals surface area contributed by atoms with Crippen LogP contribution in [0.2, 0.25) is 0 Å². The van der Waals surface area contributed by atoms with Gasteiger partial charge in [-0.15, -0.1) is 24.8 Å². The molecule has 1 unspecified atom stereocenters. The second-order valence-electron chi connectivity index (χ2n) is 5.77. The number of rotatable bonds is 6. The maximum Gasteiger partial charge on any atom is 0.221 e. The maximum absolute atomic E-state index is 11.7. The van der Waals surface area contributed by atoms with Crippen molar-refractivity contribution in [2.45, 2.75) is 57.0 Å². The standard InChI is InChI=1S/C14H27N3O.2ClH/c1-17(13-6-2-3-7-13)10-9-16-14(18)11-12-5-4-8-15-12;;/h12-13,15H,2-11H2,1H3,(H,16,18);2*1H. The van der Waals surface area contributed by atoms with E-state index in [2.05, 4.69) is 22.6 Å². The molecule has 0 aromatic rings. The Morgan fingerprint density at radius 3 is 2.50 bits per heavy atom. The number of carbonyl (C=O) groups excluding carboxylic acids is 1. The molecule has 0 bridgehead atoms. The van der Waals surface area contributed by atoms with Crippen LogP contribution in [0.5, 0.6) is 0 Å². The normalized spacial score (nSPS) is 22.4. The third-order valence-corrected chi connectivity index (χ3v) is 4.33. The van der Waals surface area contributed by atoms with Crippen molar-refractivity contribution in [3.63, 3.8) is 0 Å².